The van der Waals surface area contributed by atoms with E-state index in [9.17, 15) is 57.1 Å². The molecule has 14 heteroatoms. The molecule has 164 valence electrons. The van der Waals surface area contributed by atoms with E-state index in [0.717, 1.165) is 0 Å². The molecule has 0 radical (unpaired) electrons. The Kier molecular flexibility index (Phi) is 7.91. The molecular formula is C13H15F13O. The quantitative estimate of drug-likeness (QED) is 0.273. The van der Waals surface area contributed by atoms with Crippen LogP contribution in [0.2, 0.25) is 0 Å². The maximum Gasteiger partial charge on any atom is 0.460 e. The van der Waals surface area contributed by atoms with E-state index in [1.54, 1.807) is 6.92 Å². The molecule has 1 nitrogen and oxygen atoms in total. The first kappa shape index (κ1) is 26.1. The van der Waals surface area contributed by atoms with Crippen LogP contribution in [0, 0.1) is 0 Å². The van der Waals surface area contributed by atoms with Crippen LogP contribution >= 0.6 is 0 Å². The lowest BCUT2D eigenvalue weighted by Gasteiger charge is -2.39. The molecule has 0 heterocycles. The van der Waals surface area contributed by atoms with Gasteiger partial charge in [-0.15, -0.1) is 0 Å². The second-order valence-corrected chi connectivity index (χ2v) is 5.57. The van der Waals surface area contributed by atoms with E-state index in [-0.39, 0.29) is 13.0 Å². The molecule has 0 spiro atoms. The van der Waals surface area contributed by atoms with Crippen molar-refractivity contribution in [1.29, 1.82) is 0 Å². The zero-order chi connectivity index (χ0) is 21.9. The molecule has 0 rings (SSSR count). The van der Waals surface area contributed by atoms with Gasteiger partial charge in [0, 0.05) is 13.0 Å². The summed E-state index contributed by atoms with van der Waals surface area (Å²) in [5, 5.41) is 0. The van der Waals surface area contributed by atoms with Crippen LogP contribution in [0.3, 0.4) is 0 Å². The second-order valence-electron chi connectivity index (χ2n) is 5.57. The first-order chi connectivity index (χ1) is 11.8. The minimum Gasteiger partial charge on any atom is -0.381 e. The van der Waals surface area contributed by atoms with E-state index in [1.807, 2.05) is 0 Å². The van der Waals surface area contributed by atoms with Crippen molar-refractivity contribution in [2.24, 2.45) is 0 Å². The monoisotopic (exact) mass is 434 g/mol. The van der Waals surface area contributed by atoms with Crippen LogP contribution in [0.1, 0.15) is 32.6 Å². The van der Waals surface area contributed by atoms with Gasteiger partial charge in [0.2, 0.25) is 0 Å². The third kappa shape index (κ3) is 4.73. The summed E-state index contributed by atoms with van der Waals surface area (Å²) < 4.78 is 171. The van der Waals surface area contributed by atoms with Gasteiger partial charge in [-0.25, -0.2) is 0 Å². The molecule has 0 N–H and O–H groups in total. The molecule has 0 saturated carbocycles. The first-order valence-corrected chi connectivity index (χ1v) is 7.34. The lowest BCUT2D eigenvalue weighted by molar-refractivity contribution is -0.440. The molecule has 0 aliphatic carbocycles. The van der Waals surface area contributed by atoms with Crippen LogP contribution in [0.25, 0.3) is 0 Å². The second kappa shape index (κ2) is 8.19. The summed E-state index contributed by atoms with van der Waals surface area (Å²) in [5.74, 6) is -36.6. The van der Waals surface area contributed by atoms with Crippen molar-refractivity contribution in [2.75, 3.05) is 13.2 Å². The topological polar surface area (TPSA) is 9.23 Å². The first-order valence-electron chi connectivity index (χ1n) is 7.34. The Bertz CT molecular complexity index is 469. The van der Waals surface area contributed by atoms with E-state index in [2.05, 4.69) is 4.74 Å². The fraction of sp³-hybridized carbons (Fsp3) is 1.00. The number of unbranched alkanes of at least 4 members (excludes halogenated alkanes) is 2. The maximum atomic E-state index is 13.3. The van der Waals surface area contributed by atoms with Crippen molar-refractivity contribution < 1.29 is 61.8 Å². The predicted octanol–water partition coefficient (Wildman–Crippen LogP) is 6.32. The molecule has 0 aliphatic heterocycles. The van der Waals surface area contributed by atoms with Gasteiger partial charge in [0.1, 0.15) is 0 Å². The van der Waals surface area contributed by atoms with Crippen molar-refractivity contribution in [3.05, 3.63) is 0 Å². The molecule has 0 aromatic heterocycles. The van der Waals surface area contributed by atoms with Crippen LogP contribution in [-0.2, 0) is 4.74 Å². The summed E-state index contributed by atoms with van der Waals surface area (Å²) >= 11 is 0. The Hall–Kier alpha value is -0.950. The lowest BCUT2D eigenvalue weighted by Crippen LogP contribution is -2.70. The van der Waals surface area contributed by atoms with Crippen LogP contribution in [0.4, 0.5) is 57.1 Å². The summed E-state index contributed by atoms with van der Waals surface area (Å²) in [4.78, 5) is 0. The zero-order valence-electron chi connectivity index (χ0n) is 13.6. The number of rotatable bonds is 11. The molecule has 0 saturated heterocycles. The fourth-order valence-corrected chi connectivity index (χ4v) is 1.72. The number of ether oxygens (including phenoxy) is 1. The minimum atomic E-state index is -7.85. The van der Waals surface area contributed by atoms with Crippen LogP contribution < -0.4 is 0 Å². The van der Waals surface area contributed by atoms with Gasteiger partial charge < -0.3 is 4.74 Å². The van der Waals surface area contributed by atoms with Crippen LogP contribution in [0.5, 0.6) is 0 Å². The van der Waals surface area contributed by atoms with Gasteiger partial charge in [0.15, 0.2) is 0 Å². The largest absolute Gasteiger partial charge is 0.460 e. The highest BCUT2D eigenvalue weighted by atomic mass is 19.4. The molecule has 0 unspecified atom stereocenters. The Morgan fingerprint density at radius 3 is 1.41 bits per heavy atom. The Balaban J connectivity index is 5.50. The molecule has 27 heavy (non-hydrogen) atoms. The highest BCUT2D eigenvalue weighted by Crippen LogP contribution is 2.60. The third-order valence-corrected chi connectivity index (χ3v) is 3.45. The van der Waals surface area contributed by atoms with Crippen LogP contribution in [0.15, 0.2) is 0 Å². The van der Waals surface area contributed by atoms with Gasteiger partial charge in [-0.1, -0.05) is 19.8 Å². The summed E-state index contributed by atoms with van der Waals surface area (Å²) in [6, 6.07) is 0. The van der Waals surface area contributed by atoms with Crippen LogP contribution in [-0.4, -0.2) is 49.0 Å². The number of hydrogen-bond donors (Lipinski definition) is 0. The van der Waals surface area contributed by atoms with Gasteiger partial charge in [-0.2, -0.15) is 57.1 Å². The average molecular weight is 434 g/mol. The zero-order valence-corrected chi connectivity index (χ0v) is 13.6. The Labute approximate surface area is 144 Å². The average Bonchev–Trinajstić information content (AvgIpc) is 2.48. The van der Waals surface area contributed by atoms with E-state index in [4.69, 9.17) is 0 Å². The number of hydrogen-bond acceptors (Lipinski definition) is 1. The van der Waals surface area contributed by atoms with Crippen molar-refractivity contribution in [3.63, 3.8) is 0 Å². The normalized spacial score (nSPS) is 15.3. The van der Waals surface area contributed by atoms with Crippen molar-refractivity contribution >= 4 is 0 Å². The highest BCUT2D eigenvalue weighted by molar-refractivity contribution is 5.10. The third-order valence-electron chi connectivity index (χ3n) is 3.45. The molecule has 0 aliphatic rings. The van der Waals surface area contributed by atoms with E-state index in [0.29, 0.717) is 12.8 Å². The highest BCUT2D eigenvalue weighted by Gasteiger charge is 2.90. The molecule has 0 amide bonds. The van der Waals surface area contributed by atoms with Crippen molar-refractivity contribution in [1.82, 2.24) is 0 Å². The van der Waals surface area contributed by atoms with E-state index < -0.39 is 48.8 Å². The lowest BCUT2D eigenvalue weighted by atomic mass is 9.93. The molecule has 0 atom stereocenters. The van der Waals surface area contributed by atoms with Crippen molar-refractivity contribution in [3.8, 4) is 0 Å². The fourth-order valence-electron chi connectivity index (χ4n) is 1.72. The standard InChI is InChI=1S/C13H15F13O/c1-2-3-4-6-27-7-5-8(14,15)9(16,17)10(18,19)11(20,21)12(22,23)13(24,25)26/h2-7H2,1H3. The molecule has 0 fully saturated rings. The number of alkyl halides is 13. The smallest absolute Gasteiger partial charge is 0.381 e. The molecule has 0 bridgehead atoms. The SMILES string of the molecule is CCCCCOCCC(F)(F)C(F)(F)C(F)(F)C(F)(F)C(F)(F)C(F)(F)F. The predicted molar refractivity (Wildman–Crippen MR) is 65.8 cm³/mol. The molecular weight excluding hydrogens is 419 g/mol. The van der Waals surface area contributed by atoms with Gasteiger partial charge in [-0.05, 0) is 6.42 Å². The van der Waals surface area contributed by atoms with Crippen molar-refractivity contribution in [2.45, 2.75) is 68.4 Å². The van der Waals surface area contributed by atoms with Gasteiger partial charge in [0.05, 0.1) is 6.61 Å². The summed E-state index contributed by atoms with van der Waals surface area (Å²) in [6.45, 7) is 0.117. The van der Waals surface area contributed by atoms with Gasteiger partial charge >= 0.3 is 35.8 Å². The Morgan fingerprint density at radius 2 is 1.00 bits per heavy atom. The van der Waals surface area contributed by atoms with Gasteiger partial charge in [-0.3, -0.25) is 0 Å². The minimum absolute atomic E-state index is 0.268. The van der Waals surface area contributed by atoms with E-state index in [1.165, 1.54) is 0 Å². The van der Waals surface area contributed by atoms with Gasteiger partial charge in [0.25, 0.3) is 0 Å². The molecule has 0 aromatic rings. The number of halogens is 13. The molecule has 0 aromatic carbocycles. The summed E-state index contributed by atoms with van der Waals surface area (Å²) in [5.41, 5.74) is 0. The summed E-state index contributed by atoms with van der Waals surface area (Å²) in [6.07, 6.45) is -8.26. The summed E-state index contributed by atoms with van der Waals surface area (Å²) in [7, 11) is 0. The van der Waals surface area contributed by atoms with E-state index >= 15 is 0 Å². The maximum absolute atomic E-state index is 13.3. The Morgan fingerprint density at radius 1 is 0.556 bits per heavy atom.